The van der Waals surface area contributed by atoms with E-state index in [4.69, 9.17) is 0 Å². The molecule has 0 bridgehead atoms. The van der Waals surface area contributed by atoms with Gasteiger partial charge < -0.3 is 4.90 Å². The zero-order chi connectivity index (χ0) is 17.8. The molecular formula is C21H22N4O. The lowest BCUT2D eigenvalue weighted by Gasteiger charge is -2.34. The molecule has 5 nitrogen and oxygen atoms in total. The molecule has 0 saturated carbocycles. The second kappa shape index (κ2) is 7.54. The highest BCUT2D eigenvalue weighted by atomic mass is 16.2. The van der Waals surface area contributed by atoms with E-state index in [-0.39, 0.29) is 5.91 Å². The van der Waals surface area contributed by atoms with Crippen molar-refractivity contribution < 1.29 is 4.79 Å². The second-order valence-electron chi connectivity index (χ2n) is 6.55. The standard InChI is InChI=1S/C21H22N4O/c26-21(19-10-4-9-18-16-22-23-20(18)19)25-14-12-24(13-15-25)11-5-8-17-6-2-1-3-7-17/h1-10,16H,11-15H2,(H,22,23). The number of fused-ring (bicyclic) bond motifs is 1. The van der Waals surface area contributed by atoms with Crippen LogP contribution >= 0.6 is 0 Å². The molecule has 1 saturated heterocycles. The average molecular weight is 346 g/mol. The summed E-state index contributed by atoms with van der Waals surface area (Å²) in [4.78, 5) is 17.2. The number of hydrogen-bond donors (Lipinski definition) is 1. The van der Waals surface area contributed by atoms with E-state index in [1.165, 1.54) is 5.56 Å². The van der Waals surface area contributed by atoms with Crippen molar-refractivity contribution in [2.75, 3.05) is 32.7 Å². The van der Waals surface area contributed by atoms with Crippen molar-refractivity contribution >= 4 is 22.9 Å². The third-order valence-corrected chi connectivity index (χ3v) is 4.84. The molecule has 0 unspecified atom stereocenters. The van der Waals surface area contributed by atoms with E-state index in [0.29, 0.717) is 5.56 Å². The Hall–Kier alpha value is -2.92. The number of nitrogens with one attached hydrogen (secondary N) is 1. The van der Waals surface area contributed by atoms with E-state index >= 15 is 0 Å². The topological polar surface area (TPSA) is 52.2 Å². The number of rotatable bonds is 4. The smallest absolute Gasteiger partial charge is 0.256 e. The first-order valence-corrected chi connectivity index (χ1v) is 8.96. The summed E-state index contributed by atoms with van der Waals surface area (Å²) in [6, 6.07) is 16.1. The maximum Gasteiger partial charge on any atom is 0.256 e. The van der Waals surface area contributed by atoms with Crippen molar-refractivity contribution in [3.8, 4) is 0 Å². The molecule has 2 heterocycles. The Balaban J connectivity index is 1.34. The van der Waals surface area contributed by atoms with Gasteiger partial charge in [-0.15, -0.1) is 0 Å². The number of para-hydroxylation sites is 1. The van der Waals surface area contributed by atoms with Crippen LogP contribution in [0.4, 0.5) is 0 Å². The van der Waals surface area contributed by atoms with Gasteiger partial charge in [-0.1, -0.05) is 54.6 Å². The summed E-state index contributed by atoms with van der Waals surface area (Å²) in [7, 11) is 0. The fourth-order valence-corrected chi connectivity index (χ4v) is 3.35. The van der Waals surface area contributed by atoms with E-state index in [2.05, 4.69) is 39.4 Å². The molecule has 5 heteroatoms. The predicted octanol–water partition coefficient (Wildman–Crippen LogP) is 3.03. The lowest BCUT2D eigenvalue weighted by atomic mass is 10.1. The molecule has 2 aromatic carbocycles. The number of nitrogens with zero attached hydrogens (tertiary/aromatic N) is 3. The van der Waals surface area contributed by atoms with Gasteiger partial charge in [-0.05, 0) is 11.6 Å². The van der Waals surface area contributed by atoms with E-state index < -0.39 is 0 Å². The van der Waals surface area contributed by atoms with Crippen LogP contribution in [0.15, 0.2) is 60.8 Å². The molecule has 0 atom stereocenters. The largest absolute Gasteiger partial charge is 0.336 e. The summed E-state index contributed by atoms with van der Waals surface area (Å²) in [5.41, 5.74) is 2.75. The lowest BCUT2D eigenvalue weighted by Crippen LogP contribution is -2.48. The second-order valence-corrected chi connectivity index (χ2v) is 6.55. The minimum atomic E-state index is 0.0827. The van der Waals surface area contributed by atoms with Gasteiger partial charge in [-0.25, -0.2) is 0 Å². The van der Waals surface area contributed by atoms with Crippen LogP contribution < -0.4 is 0 Å². The normalized spacial score (nSPS) is 15.8. The van der Waals surface area contributed by atoms with Crippen LogP contribution in [-0.2, 0) is 0 Å². The first-order chi connectivity index (χ1) is 12.8. The molecule has 0 spiro atoms. The van der Waals surface area contributed by atoms with Gasteiger partial charge in [0.1, 0.15) is 0 Å². The summed E-state index contributed by atoms with van der Waals surface area (Å²) in [6.45, 7) is 4.20. The average Bonchev–Trinajstić information content (AvgIpc) is 3.18. The summed E-state index contributed by atoms with van der Waals surface area (Å²) in [6.07, 6.45) is 6.09. The van der Waals surface area contributed by atoms with Gasteiger partial charge in [0.25, 0.3) is 5.91 Å². The predicted molar refractivity (Wildman–Crippen MR) is 104 cm³/mol. The van der Waals surface area contributed by atoms with Crippen molar-refractivity contribution in [3.05, 3.63) is 71.9 Å². The van der Waals surface area contributed by atoms with Crippen molar-refractivity contribution in [1.29, 1.82) is 0 Å². The molecule has 1 aliphatic heterocycles. The van der Waals surface area contributed by atoms with Gasteiger partial charge in [0.15, 0.2) is 0 Å². The number of aromatic nitrogens is 2. The highest BCUT2D eigenvalue weighted by molar-refractivity contribution is 6.05. The fourth-order valence-electron chi connectivity index (χ4n) is 3.35. The first-order valence-electron chi connectivity index (χ1n) is 8.96. The fraction of sp³-hybridized carbons (Fsp3) is 0.238. The maximum atomic E-state index is 12.9. The van der Waals surface area contributed by atoms with E-state index in [0.717, 1.165) is 43.6 Å². The number of carbonyl (C=O) groups is 1. The Kier molecular flexibility index (Phi) is 4.80. The van der Waals surface area contributed by atoms with Crippen LogP contribution in [0.5, 0.6) is 0 Å². The molecule has 1 aliphatic rings. The molecule has 1 aromatic heterocycles. The van der Waals surface area contributed by atoms with E-state index in [1.54, 1.807) is 6.20 Å². The van der Waals surface area contributed by atoms with Crippen LogP contribution in [0.25, 0.3) is 17.0 Å². The van der Waals surface area contributed by atoms with Gasteiger partial charge in [-0.3, -0.25) is 14.8 Å². The van der Waals surface area contributed by atoms with Crippen LogP contribution in [0.3, 0.4) is 0 Å². The Morgan fingerprint density at radius 1 is 1.04 bits per heavy atom. The highest BCUT2D eigenvalue weighted by Crippen LogP contribution is 2.18. The van der Waals surface area contributed by atoms with Crippen LogP contribution in [0.2, 0.25) is 0 Å². The maximum absolute atomic E-state index is 12.9. The Morgan fingerprint density at radius 3 is 2.65 bits per heavy atom. The van der Waals surface area contributed by atoms with Crippen molar-refractivity contribution in [2.24, 2.45) is 0 Å². The van der Waals surface area contributed by atoms with E-state index in [1.807, 2.05) is 41.3 Å². The quantitative estimate of drug-likeness (QED) is 0.790. The molecular weight excluding hydrogens is 324 g/mol. The van der Waals surface area contributed by atoms with Gasteiger partial charge in [0, 0.05) is 38.1 Å². The monoisotopic (exact) mass is 346 g/mol. The van der Waals surface area contributed by atoms with Gasteiger partial charge in [-0.2, -0.15) is 5.10 Å². The van der Waals surface area contributed by atoms with Crippen LogP contribution in [0.1, 0.15) is 15.9 Å². The van der Waals surface area contributed by atoms with E-state index in [9.17, 15) is 4.79 Å². The summed E-state index contributed by atoms with van der Waals surface area (Å²) >= 11 is 0. The molecule has 1 N–H and O–H groups in total. The number of H-pyrrole nitrogens is 1. The number of benzene rings is 2. The van der Waals surface area contributed by atoms with Crippen molar-refractivity contribution in [3.63, 3.8) is 0 Å². The highest BCUT2D eigenvalue weighted by Gasteiger charge is 2.23. The molecule has 4 rings (SSSR count). The molecule has 1 fully saturated rings. The zero-order valence-corrected chi connectivity index (χ0v) is 14.6. The van der Waals surface area contributed by atoms with Crippen LogP contribution in [0, 0.1) is 0 Å². The summed E-state index contributed by atoms with van der Waals surface area (Å²) in [5.74, 6) is 0.0827. The molecule has 0 radical (unpaired) electrons. The number of aromatic amines is 1. The SMILES string of the molecule is O=C(c1cccc2cn[nH]c12)N1CCN(CC=Cc2ccccc2)CC1. The van der Waals surface area contributed by atoms with Crippen molar-refractivity contribution in [1.82, 2.24) is 20.0 Å². The Labute approximate surface area is 152 Å². The zero-order valence-electron chi connectivity index (χ0n) is 14.6. The third-order valence-electron chi connectivity index (χ3n) is 4.84. The van der Waals surface area contributed by atoms with Crippen LogP contribution in [-0.4, -0.2) is 58.6 Å². The molecule has 0 aliphatic carbocycles. The number of piperazine rings is 1. The molecule has 1 amide bonds. The van der Waals surface area contributed by atoms with Crippen molar-refractivity contribution in [2.45, 2.75) is 0 Å². The lowest BCUT2D eigenvalue weighted by molar-refractivity contribution is 0.0652. The van der Waals surface area contributed by atoms with Gasteiger partial charge >= 0.3 is 0 Å². The van der Waals surface area contributed by atoms with Gasteiger partial charge in [0.05, 0.1) is 17.3 Å². The summed E-state index contributed by atoms with van der Waals surface area (Å²) < 4.78 is 0. The number of carbonyl (C=O) groups excluding carboxylic acids is 1. The third kappa shape index (κ3) is 3.53. The first kappa shape index (κ1) is 16.5. The number of amides is 1. The molecule has 3 aromatic rings. The minimum absolute atomic E-state index is 0.0827. The number of hydrogen-bond acceptors (Lipinski definition) is 3. The summed E-state index contributed by atoms with van der Waals surface area (Å²) in [5, 5.41) is 7.96. The molecule has 132 valence electrons. The Morgan fingerprint density at radius 2 is 1.85 bits per heavy atom. The molecule has 26 heavy (non-hydrogen) atoms. The Bertz CT molecular complexity index is 908. The van der Waals surface area contributed by atoms with Gasteiger partial charge in [0.2, 0.25) is 0 Å². The minimum Gasteiger partial charge on any atom is -0.336 e.